The van der Waals surface area contributed by atoms with Crippen LogP contribution in [-0.2, 0) is 4.79 Å². The third kappa shape index (κ3) is 3.63. The summed E-state index contributed by atoms with van der Waals surface area (Å²) in [5.41, 5.74) is 8.22. The lowest BCUT2D eigenvalue weighted by Gasteiger charge is -2.31. The highest BCUT2D eigenvalue weighted by Crippen LogP contribution is 2.33. The number of nitrogens with zero attached hydrogens (tertiary/aromatic N) is 5. The maximum Gasteiger partial charge on any atom is 0.306 e. The summed E-state index contributed by atoms with van der Waals surface area (Å²) in [6.07, 6.45) is 2.68. The van der Waals surface area contributed by atoms with E-state index in [0.29, 0.717) is 60.1 Å². The second-order valence-electron chi connectivity index (χ2n) is 7.00. The first-order valence-corrected chi connectivity index (χ1v) is 9.50. The maximum atomic E-state index is 11.3. The fourth-order valence-electron chi connectivity index (χ4n) is 3.60. The van der Waals surface area contributed by atoms with E-state index in [9.17, 15) is 9.90 Å². The van der Waals surface area contributed by atoms with Crippen molar-refractivity contribution in [3.63, 3.8) is 0 Å². The number of carboxylic acids is 1. The Labute approximate surface area is 172 Å². The van der Waals surface area contributed by atoms with Gasteiger partial charge in [-0.05, 0) is 31.0 Å². The average Bonchev–Trinajstić information content (AvgIpc) is 2.77. The molecule has 30 heavy (non-hydrogen) atoms. The summed E-state index contributed by atoms with van der Waals surface area (Å²) < 4.78 is 10.7. The van der Waals surface area contributed by atoms with Crippen LogP contribution in [0.25, 0.3) is 22.4 Å². The number of ether oxygens (including phenoxy) is 2. The lowest BCUT2D eigenvalue weighted by Crippen LogP contribution is -2.37. The van der Waals surface area contributed by atoms with Gasteiger partial charge in [-0.3, -0.25) is 4.79 Å². The van der Waals surface area contributed by atoms with E-state index in [1.807, 2.05) is 17.0 Å². The second-order valence-corrected chi connectivity index (χ2v) is 7.00. The van der Waals surface area contributed by atoms with Gasteiger partial charge in [0, 0.05) is 18.7 Å². The van der Waals surface area contributed by atoms with Gasteiger partial charge in [0.05, 0.1) is 32.0 Å². The third-order valence-electron chi connectivity index (χ3n) is 5.23. The Morgan fingerprint density at radius 3 is 2.53 bits per heavy atom. The number of methoxy groups -OCH3 is 2. The normalized spacial score (nSPS) is 14.7. The second kappa shape index (κ2) is 7.97. The van der Waals surface area contributed by atoms with Gasteiger partial charge in [-0.25, -0.2) is 9.97 Å². The van der Waals surface area contributed by atoms with Crippen LogP contribution in [0.2, 0.25) is 0 Å². The van der Waals surface area contributed by atoms with Gasteiger partial charge in [-0.15, -0.1) is 0 Å². The zero-order chi connectivity index (χ0) is 21.3. The lowest BCUT2D eigenvalue weighted by atomic mass is 9.97. The number of nitrogen functional groups attached to an aromatic ring is 1. The van der Waals surface area contributed by atoms with E-state index >= 15 is 0 Å². The summed E-state index contributed by atoms with van der Waals surface area (Å²) in [6.45, 7) is 1.09. The Morgan fingerprint density at radius 2 is 1.87 bits per heavy atom. The molecule has 0 unspecified atom stereocenters. The zero-order valence-corrected chi connectivity index (χ0v) is 16.7. The Morgan fingerprint density at radius 1 is 1.13 bits per heavy atom. The highest BCUT2D eigenvalue weighted by molar-refractivity contribution is 5.86. The van der Waals surface area contributed by atoms with E-state index in [1.165, 1.54) is 0 Å². The molecule has 1 aliphatic rings. The van der Waals surface area contributed by atoms with E-state index in [0.717, 1.165) is 5.56 Å². The molecule has 0 radical (unpaired) electrons. The molecule has 10 nitrogen and oxygen atoms in total. The molecule has 3 aromatic rings. The highest BCUT2D eigenvalue weighted by Gasteiger charge is 2.27. The Kier molecular flexibility index (Phi) is 5.21. The van der Waals surface area contributed by atoms with Crippen molar-refractivity contribution in [3.8, 4) is 22.8 Å². The highest BCUT2D eigenvalue weighted by atomic mass is 16.5. The van der Waals surface area contributed by atoms with E-state index in [4.69, 9.17) is 20.2 Å². The molecule has 0 saturated carbocycles. The van der Waals surface area contributed by atoms with Crippen molar-refractivity contribution in [2.45, 2.75) is 12.8 Å². The molecule has 4 rings (SSSR count). The number of hydrogen-bond acceptors (Lipinski definition) is 9. The first-order chi connectivity index (χ1) is 14.5. The minimum absolute atomic E-state index is 0.103. The van der Waals surface area contributed by atoms with Crippen molar-refractivity contribution in [3.05, 3.63) is 24.4 Å². The molecule has 0 aliphatic carbocycles. The maximum absolute atomic E-state index is 11.3. The van der Waals surface area contributed by atoms with Crippen LogP contribution in [0.3, 0.4) is 0 Å². The van der Waals surface area contributed by atoms with Crippen LogP contribution in [-0.4, -0.2) is 58.3 Å². The number of rotatable bonds is 5. The summed E-state index contributed by atoms with van der Waals surface area (Å²) in [4.78, 5) is 31.0. The van der Waals surface area contributed by atoms with Crippen molar-refractivity contribution in [2.75, 3.05) is 37.9 Å². The monoisotopic (exact) mass is 410 g/mol. The zero-order valence-electron chi connectivity index (χ0n) is 16.7. The first-order valence-electron chi connectivity index (χ1n) is 9.50. The first kappa shape index (κ1) is 19.6. The van der Waals surface area contributed by atoms with Crippen molar-refractivity contribution in [1.82, 2.24) is 19.9 Å². The number of hydrogen-bond donors (Lipinski definition) is 2. The molecule has 10 heteroatoms. The minimum Gasteiger partial charge on any atom is -0.493 e. The lowest BCUT2D eigenvalue weighted by molar-refractivity contribution is -0.142. The van der Waals surface area contributed by atoms with Gasteiger partial charge in [0.1, 0.15) is 0 Å². The molecule has 1 fully saturated rings. The molecule has 3 heterocycles. The molecule has 0 spiro atoms. The third-order valence-corrected chi connectivity index (χ3v) is 5.23. The molecule has 0 atom stereocenters. The van der Waals surface area contributed by atoms with Crippen LogP contribution in [0.4, 0.5) is 11.8 Å². The number of piperidine rings is 1. The van der Waals surface area contributed by atoms with Crippen LogP contribution in [0, 0.1) is 5.92 Å². The summed E-state index contributed by atoms with van der Waals surface area (Å²) in [5, 5.41) is 9.25. The van der Waals surface area contributed by atoms with Crippen molar-refractivity contribution in [2.24, 2.45) is 5.92 Å². The molecule has 0 amide bonds. The Balaban J connectivity index is 1.75. The molecule has 2 aromatic heterocycles. The van der Waals surface area contributed by atoms with Gasteiger partial charge < -0.3 is 25.2 Å². The fourth-order valence-corrected chi connectivity index (χ4v) is 3.60. The predicted molar refractivity (Wildman–Crippen MR) is 111 cm³/mol. The number of benzene rings is 1. The molecule has 1 aromatic carbocycles. The summed E-state index contributed by atoms with van der Waals surface area (Å²) in [5.74, 6) is 0.758. The van der Waals surface area contributed by atoms with Crippen LogP contribution in [0.1, 0.15) is 12.8 Å². The van der Waals surface area contributed by atoms with Gasteiger partial charge in [-0.2, -0.15) is 9.97 Å². The number of fused-ring (bicyclic) bond motifs is 1. The van der Waals surface area contributed by atoms with E-state index in [-0.39, 0.29) is 11.9 Å². The fraction of sp³-hybridized carbons (Fsp3) is 0.350. The molecule has 1 aliphatic heterocycles. The van der Waals surface area contributed by atoms with Gasteiger partial charge in [0.25, 0.3) is 0 Å². The van der Waals surface area contributed by atoms with Crippen molar-refractivity contribution < 1.29 is 19.4 Å². The number of aromatic nitrogens is 4. The van der Waals surface area contributed by atoms with E-state index in [1.54, 1.807) is 26.5 Å². The number of aliphatic carboxylic acids is 1. The number of nitrogens with two attached hydrogens (primary N) is 1. The Hall–Kier alpha value is -3.69. The number of carbonyl (C=O) groups is 1. The molecular weight excluding hydrogens is 388 g/mol. The molecule has 0 bridgehead atoms. The summed E-state index contributed by atoms with van der Waals surface area (Å²) in [7, 11) is 3.15. The van der Waals surface area contributed by atoms with Crippen molar-refractivity contribution in [1.29, 1.82) is 0 Å². The van der Waals surface area contributed by atoms with Gasteiger partial charge >= 0.3 is 5.97 Å². The average molecular weight is 410 g/mol. The Bertz CT molecular complexity index is 1100. The summed E-state index contributed by atoms with van der Waals surface area (Å²) in [6, 6.07) is 5.50. The quantitative estimate of drug-likeness (QED) is 0.642. The standard InChI is InChI=1S/C20H22N6O4/c1-29-14-4-3-12(9-15(14)30-2)13-10-22-17-16(23-13)18(25-20(21)24-17)26-7-5-11(6-8-26)19(27)28/h3-4,9-11H,5-8H2,1-2H3,(H,27,28)(H2,21,22,24,25). The minimum atomic E-state index is -0.766. The van der Waals surface area contributed by atoms with Gasteiger partial charge in [0.15, 0.2) is 28.5 Å². The van der Waals surface area contributed by atoms with Gasteiger partial charge in [-0.1, -0.05) is 0 Å². The predicted octanol–water partition coefficient (Wildman–Crippen LogP) is 1.99. The molecular formula is C20H22N6O4. The number of anilines is 2. The van der Waals surface area contributed by atoms with Crippen LogP contribution >= 0.6 is 0 Å². The van der Waals surface area contributed by atoms with Crippen LogP contribution < -0.4 is 20.1 Å². The molecule has 1 saturated heterocycles. The van der Waals surface area contributed by atoms with E-state index < -0.39 is 5.97 Å². The van der Waals surface area contributed by atoms with Crippen LogP contribution in [0.15, 0.2) is 24.4 Å². The van der Waals surface area contributed by atoms with Gasteiger partial charge in [0.2, 0.25) is 5.95 Å². The summed E-state index contributed by atoms with van der Waals surface area (Å²) >= 11 is 0. The topological polar surface area (TPSA) is 137 Å². The smallest absolute Gasteiger partial charge is 0.306 e. The number of carboxylic acid groups (broad SMARTS) is 1. The molecule has 3 N–H and O–H groups in total. The van der Waals surface area contributed by atoms with E-state index in [2.05, 4.69) is 15.0 Å². The SMILES string of the molecule is COc1ccc(-c2cnc3nc(N)nc(N4CCC(C(=O)O)CC4)c3n2)cc1OC. The van der Waals surface area contributed by atoms with Crippen LogP contribution in [0.5, 0.6) is 11.5 Å². The largest absolute Gasteiger partial charge is 0.493 e. The molecule has 156 valence electrons. The van der Waals surface area contributed by atoms with Crippen molar-refractivity contribution >= 4 is 28.9 Å².